The van der Waals surface area contributed by atoms with Crippen LogP contribution in [0.4, 0.5) is 17.5 Å². The van der Waals surface area contributed by atoms with Gasteiger partial charge in [0.2, 0.25) is 5.95 Å². The number of nitrogens with zero attached hydrogens (tertiary/aromatic N) is 2. The van der Waals surface area contributed by atoms with Gasteiger partial charge in [0.15, 0.2) is 0 Å². The van der Waals surface area contributed by atoms with Crippen LogP contribution >= 0.6 is 15.9 Å². The van der Waals surface area contributed by atoms with E-state index >= 15 is 0 Å². The van der Waals surface area contributed by atoms with E-state index in [2.05, 4.69) is 48.7 Å². The van der Waals surface area contributed by atoms with Gasteiger partial charge in [-0.25, -0.2) is 4.98 Å². The molecule has 0 amide bonds. The summed E-state index contributed by atoms with van der Waals surface area (Å²) in [4.78, 5) is 9.29. The fourth-order valence-electron chi connectivity index (χ4n) is 2.43. The third-order valence-electron chi connectivity index (χ3n) is 3.83. The van der Waals surface area contributed by atoms with Crippen molar-refractivity contribution in [2.24, 2.45) is 0 Å². The topological polar surface area (TPSA) is 49.8 Å². The van der Waals surface area contributed by atoms with Gasteiger partial charge in [0.25, 0.3) is 0 Å². The van der Waals surface area contributed by atoms with Crippen molar-refractivity contribution in [3.8, 4) is 11.3 Å². The van der Waals surface area contributed by atoms with Crippen molar-refractivity contribution in [1.82, 2.24) is 9.97 Å². The molecule has 0 bridgehead atoms. The fraction of sp³-hybridized carbons (Fsp3) is 0.158. The van der Waals surface area contributed by atoms with Crippen LogP contribution in [0.2, 0.25) is 0 Å². The zero-order valence-electron chi connectivity index (χ0n) is 13.0. The van der Waals surface area contributed by atoms with Gasteiger partial charge in [0.1, 0.15) is 5.82 Å². The third kappa shape index (κ3) is 3.74. The molecule has 0 radical (unpaired) electrons. The number of benzene rings is 2. The van der Waals surface area contributed by atoms with Gasteiger partial charge in [-0.1, -0.05) is 46.3 Å². The lowest BCUT2D eigenvalue weighted by molar-refractivity contribution is 1.09. The summed E-state index contributed by atoms with van der Waals surface area (Å²) >= 11 is 3.45. The van der Waals surface area contributed by atoms with Crippen LogP contribution in [-0.4, -0.2) is 16.0 Å². The minimum absolute atomic E-state index is 0.545. The number of aromatic nitrogens is 2. The molecule has 1 fully saturated rings. The predicted octanol–water partition coefficient (Wildman–Crippen LogP) is 5.22. The quantitative estimate of drug-likeness (QED) is 0.636. The van der Waals surface area contributed by atoms with Gasteiger partial charge in [-0.2, -0.15) is 4.98 Å². The van der Waals surface area contributed by atoms with Gasteiger partial charge < -0.3 is 10.6 Å². The van der Waals surface area contributed by atoms with Crippen molar-refractivity contribution in [1.29, 1.82) is 0 Å². The third-order valence-corrected chi connectivity index (χ3v) is 4.35. The molecule has 120 valence electrons. The van der Waals surface area contributed by atoms with E-state index in [4.69, 9.17) is 0 Å². The van der Waals surface area contributed by atoms with Crippen LogP contribution in [-0.2, 0) is 0 Å². The molecule has 0 aliphatic heterocycles. The molecule has 1 aromatic heterocycles. The Morgan fingerprint density at radius 1 is 0.917 bits per heavy atom. The SMILES string of the molecule is Brc1ccc(Nc2nc(NC3CC3)cc(-c3ccccc3)n2)cc1. The van der Waals surface area contributed by atoms with E-state index in [0.717, 1.165) is 27.2 Å². The van der Waals surface area contributed by atoms with E-state index in [1.54, 1.807) is 0 Å². The summed E-state index contributed by atoms with van der Waals surface area (Å²) in [6, 6.07) is 20.7. The second-order valence-corrected chi connectivity index (χ2v) is 6.79. The van der Waals surface area contributed by atoms with Crippen LogP contribution in [0.3, 0.4) is 0 Å². The lowest BCUT2D eigenvalue weighted by Crippen LogP contribution is -2.06. The summed E-state index contributed by atoms with van der Waals surface area (Å²) in [5.74, 6) is 1.47. The van der Waals surface area contributed by atoms with Crippen molar-refractivity contribution in [2.45, 2.75) is 18.9 Å². The van der Waals surface area contributed by atoms with Crippen LogP contribution in [0, 0.1) is 0 Å². The van der Waals surface area contributed by atoms with Crippen molar-refractivity contribution in [3.05, 3.63) is 65.1 Å². The molecule has 4 nitrogen and oxygen atoms in total. The zero-order valence-corrected chi connectivity index (χ0v) is 14.6. The van der Waals surface area contributed by atoms with E-state index in [9.17, 15) is 0 Å². The van der Waals surface area contributed by atoms with E-state index in [-0.39, 0.29) is 0 Å². The first kappa shape index (κ1) is 15.1. The highest BCUT2D eigenvalue weighted by molar-refractivity contribution is 9.10. The molecule has 1 aliphatic carbocycles. The average Bonchev–Trinajstić information content (AvgIpc) is 3.42. The van der Waals surface area contributed by atoms with Crippen LogP contribution in [0.15, 0.2) is 65.1 Å². The minimum Gasteiger partial charge on any atom is -0.367 e. The fourth-order valence-corrected chi connectivity index (χ4v) is 2.70. The van der Waals surface area contributed by atoms with Gasteiger partial charge in [-0.15, -0.1) is 0 Å². The Morgan fingerprint density at radius 3 is 2.38 bits per heavy atom. The van der Waals surface area contributed by atoms with E-state index in [1.807, 2.05) is 48.5 Å². The Morgan fingerprint density at radius 2 is 1.67 bits per heavy atom. The Bertz CT molecular complexity index is 830. The maximum atomic E-state index is 4.68. The molecule has 1 aliphatic rings. The summed E-state index contributed by atoms with van der Waals surface area (Å²) in [6.07, 6.45) is 2.42. The number of nitrogens with one attached hydrogen (secondary N) is 2. The molecule has 0 spiro atoms. The van der Waals surface area contributed by atoms with Crippen molar-refractivity contribution in [3.63, 3.8) is 0 Å². The van der Waals surface area contributed by atoms with E-state index in [1.165, 1.54) is 12.8 Å². The highest BCUT2D eigenvalue weighted by Gasteiger charge is 2.22. The average molecular weight is 381 g/mol. The van der Waals surface area contributed by atoms with Gasteiger partial charge in [0.05, 0.1) is 5.69 Å². The van der Waals surface area contributed by atoms with Crippen LogP contribution in [0.5, 0.6) is 0 Å². The van der Waals surface area contributed by atoms with Crippen LogP contribution < -0.4 is 10.6 Å². The molecule has 0 saturated heterocycles. The molecule has 5 heteroatoms. The first-order valence-corrected chi connectivity index (χ1v) is 8.79. The zero-order chi connectivity index (χ0) is 16.4. The van der Waals surface area contributed by atoms with Gasteiger partial charge in [-0.05, 0) is 37.1 Å². The Kier molecular flexibility index (Phi) is 4.17. The maximum absolute atomic E-state index is 4.68. The molecule has 1 saturated carbocycles. The largest absolute Gasteiger partial charge is 0.367 e. The first-order valence-electron chi connectivity index (χ1n) is 8.00. The Balaban J connectivity index is 1.67. The molecule has 0 unspecified atom stereocenters. The van der Waals surface area contributed by atoms with Crippen LogP contribution in [0.25, 0.3) is 11.3 Å². The normalized spacial score (nSPS) is 13.5. The molecule has 24 heavy (non-hydrogen) atoms. The van der Waals surface area contributed by atoms with Crippen molar-refractivity contribution in [2.75, 3.05) is 10.6 Å². The number of halogens is 1. The molecule has 4 rings (SSSR count). The summed E-state index contributed by atoms with van der Waals surface area (Å²) in [7, 11) is 0. The number of rotatable bonds is 5. The highest BCUT2D eigenvalue weighted by Crippen LogP contribution is 2.28. The van der Waals surface area contributed by atoms with Crippen LogP contribution in [0.1, 0.15) is 12.8 Å². The smallest absolute Gasteiger partial charge is 0.229 e. The molecule has 3 aromatic rings. The molecule has 2 N–H and O–H groups in total. The van der Waals surface area contributed by atoms with Gasteiger partial charge in [0, 0.05) is 27.8 Å². The summed E-state index contributed by atoms with van der Waals surface area (Å²) in [5.41, 5.74) is 2.95. The molecule has 2 aromatic carbocycles. The number of anilines is 3. The maximum Gasteiger partial charge on any atom is 0.229 e. The van der Waals surface area contributed by atoms with E-state index < -0.39 is 0 Å². The molecular weight excluding hydrogens is 364 g/mol. The Labute approximate surface area is 149 Å². The van der Waals surface area contributed by atoms with Gasteiger partial charge >= 0.3 is 0 Å². The van der Waals surface area contributed by atoms with E-state index in [0.29, 0.717) is 12.0 Å². The minimum atomic E-state index is 0.545. The molecule has 0 atom stereocenters. The van der Waals surface area contributed by atoms with Gasteiger partial charge in [-0.3, -0.25) is 0 Å². The highest BCUT2D eigenvalue weighted by atomic mass is 79.9. The molecule has 1 heterocycles. The number of hydrogen-bond acceptors (Lipinski definition) is 4. The second kappa shape index (κ2) is 6.61. The lowest BCUT2D eigenvalue weighted by Gasteiger charge is -2.11. The van der Waals surface area contributed by atoms with Crippen molar-refractivity contribution < 1.29 is 0 Å². The Hall–Kier alpha value is -2.40. The molecular formula is C19H17BrN4. The number of hydrogen-bond donors (Lipinski definition) is 2. The van der Waals surface area contributed by atoms with Crippen molar-refractivity contribution >= 4 is 33.4 Å². The first-order chi connectivity index (χ1) is 11.8. The summed E-state index contributed by atoms with van der Waals surface area (Å²) in [5, 5.41) is 6.75. The second-order valence-electron chi connectivity index (χ2n) is 5.88. The summed E-state index contributed by atoms with van der Waals surface area (Å²) < 4.78 is 1.04. The lowest BCUT2D eigenvalue weighted by atomic mass is 10.1. The predicted molar refractivity (Wildman–Crippen MR) is 102 cm³/mol. The standard InChI is InChI=1S/C19H17BrN4/c20-14-6-8-16(9-7-14)22-19-23-17(13-4-2-1-3-5-13)12-18(24-19)21-15-10-11-15/h1-9,12,15H,10-11H2,(H2,21,22,23,24). The summed E-state index contributed by atoms with van der Waals surface area (Å²) in [6.45, 7) is 0. The monoisotopic (exact) mass is 380 g/mol.